The lowest BCUT2D eigenvalue weighted by atomic mass is 10.1. The maximum Gasteiger partial charge on any atom is 0.227 e. The number of hydrogen-bond acceptors (Lipinski definition) is 6. The lowest BCUT2D eigenvalue weighted by Crippen LogP contribution is -2.49. The SMILES string of the molecule is Cc1ccc(F)c(CC(=O)N2CCN(c3cc(N4CCOCC4)ncn3)CC2)c1. The third kappa shape index (κ3) is 4.64. The van der Waals surface area contributed by atoms with Gasteiger partial charge in [-0.2, -0.15) is 0 Å². The van der Waals surface area contributed by atoms with Gasteiger partial charge in [-0.05, 0) is 18.6 Å². The third-order valence-electron chi connectivity index (χ3n) is 5.47. The maximum atomic E-state index is 14.0. The fourth-order valence-electron chi connectivity index (χ4n) is 3.77. The fourth-order valence-corrected chi connectivity index (χ4v) is 3.77. The molecule has 2 aliphatic rings. The summed E-state index contributed by atoms with van der Waals surface area (Å²) in [6, 6.07) is 6.90. The predicted octanol–water partition coefficient (Wildman–Crippen LogP) is 1.65. The number of morpholine rings is 1. The summed E-state index contributed by atoms with van der Waals surface area (Å²) in [5, 5.41) is 0. The van der Waals surface area contributed by atoms with Crippen molar-refractivity contribution in [2.24, 2.45) is 0 Å². The molecular weight excluding hydrogens is 373 g/mol. The van der Waals surface area contributed by atoms with Gasteiger partial charge in [0.05, 0.1) is 19.6 Å². The zero-order valence-corrected chi connectivity index (χ0v) is 16.7. The number of amides is 1. The van der Waals surface area contributed by atoms with Crippen molar-refractivity contribution in [1.82, 2.24) is 14.9 Å². The first kappa shape index (κ1) is 19.6. The van der Waals surface area contributed by atoms with Gasteiger partial charge in [-0.15, -0.1) is 0 Å². The number of aryl methyl sites for hydroxylation is 1. The molecule has 0 unspecified atom stereocenters. The van der Waals surface area contributed by atoms with Crippen molar-refractivity contribution in [2.45, 2.75) is 13.3 Å². The Hall–Kier alpha value is -2.74. The van der Waals surface area contributed by atoms with Crippen LogP contribution in [0.1, 0.15) is 11.1 Å². The molecule has 2 saturated heterocycles. The van der Waals surface area contributed by atoms with Gasteiger partial charge in [-0.1, -0.05) is 17.7 Å². The average Bonchev–Trinajstić information content (AvgIpc) is 2.77. The number of rotatable bonds is 4. The first-order valence-corrected chi connectivity index (χ1v) is 10.0. The van der Waals surface area contributed by atoms with Crippen LogP contribution in [0.4, 0.5) is 16.0 Å². The second-order valence-corrected chi connectivity index (χ2v) is 7.47. The van der Waals surface area contributed by atoms with Gasteiger partial charge in [-0.25, -0.2) is 14.4 Å². The summed E-state index contributed by atoms with van der Waals surface area (Å²) in [6.07, 6.45) is 1.69. The molecule has 3 heterocycles. The molecule has 2 aliphatic heterocycles. The van der Waals surface area contributed by atoms with Gasteiger partial charge in [0, 0.05) is 45.3 Å². The molecule has 0 spiro atoms. The van der Waals surface area contributed by atoms with E-state index in [2.05, 4.69) is 19.8 Å². The summed E-state index contributed by atoms with van der Waals surface area (Å²) in [5.74, 6) is 1.43. The Balaban J connectivity index is 1.35. The van der Waals surface area contributed by atoms with E-state index >= 15 is 0 Å². The van der Waals surface area contributed by atoms with Crippen molar-refractivity contribution in [3.8, 4) is 0 Å². The molecule has 1 aromatic heterocycles. The Labute approximate surface area is 170 Å². The minimum atomic E-state index is -0.320. The Morgan fingerprint density at radius 2 is 1.66 bits per heavy atom. The summed E-state index contributed by atoms with van der Waals surface area (Å²) in [5.41, 5.74) is 1.42. The largest absolute Gasteiger partial charge is 0.378 e. The topological polar surface area (TPSA) is 61.8 Å². The van der Waals surface area contributed by atoms with Crippen LogP contribution in [-0.2, 0) is 16.0 Å². The van der Waals surface area contributed by atoms with E-state index in [9.17, 15) is 9.18 Å². The molecule has 0 bridgehead atoms. The molecule has 8 heteroatoms. The number of piperazine rings is 1. The molecule has 2 aromatic rings. The van der Waals surface area contributed by atoms with Crippen molar-refractivity contribution < 1.29 is 13.9 Å². The van der Waals surface area contributed by atoms with Crippen molar-refractivity contribution in [2.75, 3.05) is 62.3 Å². The second-order valence-electron chi connectivity index (χ2n) is 7.47. The number of carbonyl (C=O) groups is 1. The van der Waals surface area contributed by atoms with Crippen LogP contribution in [0, 0.1) is 12.7 Å². The molecule has 154 valence electrons. The van der Waals surface area contributed by atoms with Gasteiger partial charge in [0.2, 0.25) is 5.91 Å². The molecule has 0 saturated carbocycles. The molecular formula is C21H26FN5O2. The molecule has 0 N–H and O–H groups in total. The Bertz CT molecular complexity index is 864. The number of halogens is 1. The van der Waals surface area contributed by atoms with E-state index in [0.717, 1.165) is 30.3 Å². The number of nitrogens with zero attached hydrogens (tertiary/aromatic N) is 5. The number of ether oxygens (including phenoxy) is 1. The molecule has 29 heavy (non-hydrogen) atoms. The summed E-state index contributed by atoms with van der Waals surface area (Å²) < 4.78 is 19.4. The number of aromatic nitrogens is 2. The van der Waals surface area contributed by atoms with E-state index in [1.807, 2.05) is 17.9 Å². The van der Waals surface area contributed by atoms with E-state index < -0.39 is 0 Å². The molecule has 0 radical (unpaired) electrons. The molecule has 1 aromatic carbocycles. The number of carbonyl (C=O) groups excluding carboxylic acids is 1. The van der Waals surface area contributed by atoms with Crippen LogP contribution in [0.15, 0.2) is 30.6 Å². The van der Waals surface area contributed by atoms with Gasteiger partial charge in [0.25, 0.3) is 0 Å². The van der Waals surface area contributed by atoms with E-state index in [1.54, 1.807) is 18.5 Å². The number of hydrogen-bond donors (Lipinski definition) is 0. The van der Waals surface area contributed by atoms with Crippen LogP contribution in [0.2, 0.25) is 0 Å². The van der Waals surface area contributed by atoms with Crippen LogP contribution in [0.25, 0.3) is 0 Å². The minimum absolute atomic E-state index is 0.0363. The molecule has 0 atom stereocenters. The monoisotopic (exact) mass is 399 g/mol. The summed E-state index contributed by atoms with van der Waals surface area (Å²) in [4.78, 5) is 27.6. The van der Waals surface area contributed by atoms with Crippen molar-refractivity contribution in [3.63, 3.8) is 0 Å². The lowest BCUT2D eigenvalue weighted by molar-refractivity contribution is -0.130. The van der Waals surface area contributed by atoms with E-state index in [4.69, 9.17) is 4.74 Å². The highest BCUT2D eigenvalue weighted by Gasteiger charge is 2.23. The summed E-state index contributed by atoms with van der Waals surface area (Å²) in [7, 11) is 0. The first-order chi connectivity index (χ1) is 14.1. The highest BCUT2D eigenvalue weighted by Crippen LogP contribution is 2.20. The van der Waals surface area contributed by atoms with Gasteiger partial charge in [0.15, 0.2) is 0 Å². The van der Waals surface area contributed by atoms with Crippen molar-refractivity contribution in [3.05, 3.63) is 47.5 Å². The van der Waals surface area contributed by atoms with Crippen LogP contribution >= 0.6 is 0 Å². The number of benzene rings is 1. The van der Waals surface area contributed by atoms with Crippen molar-refractivity contribution in [1.29, 1.82) is 0 Å². The summed E-state index contributed by atoms with van der Waals surface area (Å²) in [6.45, 7) is 7.57. The minimum Gasteiger partial charge on any atom is -0.378 e. The van der Waals surface area contributed by atoms with Gasteiger partial charge in [0.1, 0.15) is 23.8 Å². The fraction of sp³-hybridized carbons (Fsp3) is 0.476. The van der Waals surface area contributed by atoms with Crippen molar-refractivity contribution >= 4 is 17.5 Å². The standard InChI is InChI=1S/C21H26FN5O2/c1-16-2-3-18(22)17(12-16)13-21(28)27-6-4-25(5-7-27)19-14-20(24-15-23-19)26-8-10-29-11-9-26/h2-3,12,14-15H,4-11,13H2,1H3. The Morgan fingerprint density at radius 3 is 2.34 bits per heavy atom. The predicted molar refractivity (Wildman–Crippen MR) is 109 cm³/mol. The molecule has 1 amide bonds. The molecule has 2 fully saturated rings. The maximum absolute atomic E-state index is 14.0. The zero-order chi connectivity index (χ0) is 20.2. The third-order valence-corrected chi connectivity index (χ3v) is 5.47. The molecule has 4 rings (SSSR count). The van der Waals surface area contributed by atoms with Crippen LogP contribution in [-0.4, -0.2) is 73.3 Å². The lowest BCUT2D eigenvalue weighted by Gasteiger charge is -2.36. The first-order valence-electron chi connectivity index (χ1n) is 10.0. The summed E-state index contributed by atoms with van der Waals surface area (Å²) >= 11 is 0. The van der Waals surface area contributed by atoms with Crippen LogP contribution in [0.3, 0.4) is 0 Å². The zero-order valence-electron chi connectivity index (χ0n) is 16.7. The normalized spacial score (nSPS) is 17.5. The highest BCUT2D eigenvalue weighted by molar-refractivity contribution is 5.79. The molecule has 7 nitrogen and oxygen atoms in total. The van der Waals surface area contributed by atoms with Gasteiger partial charge < -0.3 is 19.4 Å². The van der Waals surface area contributed by atoms with Crippen LogP contribution in [0.5, 0.6) is 0 Å². The van der Waals surface area contributed by atoms with Gasteiger partial charge >= 0.3 is 0 Å². The Kier molecular flexibility index (Phi) is 5.89. The highest BCUT2D eigenvalue weighted by atomic mass is 19.1. The second kappa shape index (κ2) is 8.73. The van der Waals surface area contributed by atoms with Gasteiger partial charge in [-0.3, -0.25) is 4.79 Å². The average molecular weight is 399 g/mol. The van der Waals surface area contributed by atoms with E-state index in [-0.39, 0.29) is 18.1 Å². The van der Waals surface area contributed by atoms with E-state index in [1.165, 1.54) is 6.07 Å². The van der Waals surface area contributed by atoms with Crippen LogP contribution < -0.4 is 9.80 Å². The van der Waals surface area contributed by atoms with E-state index in [0.29, 0.717) is 45.0 Å². The Morgan fingerprint density at radius 1 is 1.00 bits per heavy atom. The molecule has 0 aliphatic carbocycles. The number of anilines is 2. The smallest absolute Gasteiger partial charge is 0.227 e. The quantitative estimate of drug-likeness (QED) is 0.779.